The molecule has 408 valence electrons. The molecule has 3 unspecified atom stereocenters. The molecule has 0 rings (SSSR count). The summed E-state index contributed by atoms with van der Waals surface area (Å²) in [5, 5.41) is 13.9. The van der Waals surface area contributed by atoms with E-state index in [9.17, 15) is 19.4 Å². The maximum atomic E-state index is 13.0. The van der Waals surface area contributed by atoms with Crippen molar-refractivity contribution in [3.63, 3.8) is 0 Å². The fraction of sp³-hybridized carbons (Fsp3) is 0.883. The van der Waals surface area contributed by atoms with Crippen LogP contribution in [0, 0.1) is 0 Å². The summed E-state index contributed by atoms with van der Waals surface area (Å²) in [5.74, 6) is -0.183. The van der Waals surface area contributed by atoms with E-state index in [1.165, 1.54) is 231 Å². The number of phosphoric ester groups is 1. The first kappa shape index (κ1) is 67.7. The number of carbonyl (C=O) groups excluding carboxylic acids is 1. The third kappa shape index (κ3) is 54.3. The minimum absolute atomic E-state index is 0.0572. The Kier molecular flexibility index (Phi) is 50.7. The summed E-state index contributed by atoms with van der Waals surface area (Å²) in [6.45, 7) is 4.83. The first-order valence-corrected chi connectivity index (χ1v) is 31.4. The Morgan fingerprint density at radius 1 is 0.478 bits per heavy atom. The number of quaternary nitrogens is 1. The Balaban J connectivity index is 4.12. The zero-order valence-electron chi connectivity index (χ0n) is 46.6. The van der Waals surface area contributed by atoms with Crippen molar-refractivity contribution in [1.29, 1.82) is 0 Å². The van der Waals surface area contributed by atoms with E-state index < -0.39 is 20.0 Å². The Hall–Kier alpha value is -1.28. The van der Waals surface area contributed by atoms with Gasteiger partial charge in [-0.05, 0) is 57.8 Å². The number of hydrogen-bond donors (Lipinski definition) is 3. The van der Waals surface area contributed by atoms with Gasteiger partial charge < -0.3 is 19.8 Å². The second-order valence-corrected chi connectivity index (χ2v) is 23.2. The molecular weight excluding hydrogens is 876 g/mol. The largest absolute Gasteiger partial charge is 0.472 e. The molecule has 0 aromatic rings. The molecule has 0 radical (unpaired) electrons. The van der Waals surface area contributed by atoms with Crippen LogP contribution < -0.4 is 5.32 Å². The van der Waals surface area contributed by atoms with Crippen LogP contribution in [0.5, 0.6) is 0 Å². The number of allylic oxidation sites excluding steroid dienone is 5. The van der Waals surface area contributed by atoms with Gasteiger partial charge in [-0.3, -0.25) is 13.8 Å². The monoisotopic (exact) mass is 994 g/mol. The number of nitrogens with one attached hydrogen (secondary N) is 1. The van der Waals surface area contributed by atoms with E-state index in [4.69, 9.17) is 9.05 Å². The third-order valence-corrected chi connectivity index (χ3v) is 14.6. The molecule has 0 aromatic carbocycles. The molecule has 0 bridgehead atoms. The summed E-state index contributed by atoms with van der Waals surface area (Å²) < 4.78 is 23.7. The number of aliphatic hydroxyl groups excluding tert-OH is 1. The van der Waals surface area contributed by atoms with E-state index in [-0.39, 0.29) is 19.1 Å². The van der Waals surface area contributed by atoms with Crippen molar-refractivity contribution in [3.05, 3.63) is 36.5 Å². The lowest BCUT2D eigenvalue weighted by Gasteiger charge is -2.25. The SMILES string of the molecule is CCCCCCCCCCCCC/C=C/CC/C=C/C(O)C(COP(=O)(O)OCC[N+](C)(C)C)NC(=O)CCCCCCCCCCCCCCCC/C=C\CCCCCCCCCCCCCC. The topological polar surface area (TPSA) is 105 Å². The number of unbranched alkanes of at least 4 members (excludes halogenated alkanes) is 38. The molecule has 0 aliphatic carbocycles. The van der Waals surface area contributed by atoms with Gasteiger partial charge in [0.1, 0.15) is 13.2 Å². The average molecular weight is 995 g/mol. The van der Waals surface area contributed by atoms with E-state index in [1.807, 2.05) is 27.2 Å². The van der Waals surface area contributed by atoms with Crippen LogP contribution in [0.1, 0.15) is 290 Å². The van der Waals surface area contributed by atoms with E-state index in [2.05, 4.69) is 43.5 Å². The van der Waals surface area contributed by atoms with Crippen molar-refractivity contribution in [2.75, 3.05) is 40.9 Å². The summed E-state index contributed by atoms with van der Waals surface area (Å²) in [5.41, 5.74) is 0. The normalized spacial score (nSPS) is 14.1. The van der Waals surface area contributed by atoms with Crippen LogP contribution in [0.25, 0.3) is 0 Å². The number of hydrogen-bond acceptors (Lipinski definition) is 5. The first-order chi connectivity index (χ1) is 33.5. The van der Waals surface area contributed by atoms with Crippen LogP contribution in [-0.4, -0.2) is 73.4 Å². The number of aliphatic hydroxyl groups is 1. The standard InChI is InChI=1S/C60H117N2O6P/c1-6-8-10-12-14-16-18-20-22-24-25-26-27-28-29-30-31-32-33-34-35-36-38-40-42-44-46-48-50-52-54-60(64)61-58(57-68-69(65,66)67-56-55-62(3,4)5)59(63)53-51-49-47-45-43-41-39-37-23-21-19-17-15-13-11-9-7-2/h28-29,43,45,51,53,58-59,63H,6-27,30-42,44,46-50,52,54-57H2,1-5H3,(H-,61,64,65,66)/p+1/b29-28-,45-43+,53-51+. The molecule has 3 atom stereocenters. The van der Waals surface area contributed by atoms with E-state index in [1.54, 1.807) is 6.08 Å². The second-order valence-electron chi connectivity index (χ2n) is 21.7. The molecule has 0 saturated heterocycles. The minimum Gasteiger partial charge on any atom is -0.387 e. The van der Waals surface area contributed by atoms with Gasteiger partial charge >= 0.3 is 7.82 Å². The van der Waals surface area contributed by atoms with Crippen LogP contribution in [0.3, 0.4) is 0 Å². The van der Waals surface area contributed by atoms with Gasteiger partial charge in [-0.25, -0.2) is 4.57 Å². The molecule has 69 heavy (non-hydrogen) atoms. The predicted molar refractivity (Wildman–Crippen MR) is 300 cm³/mol. The highest BCUT2D eigenvalue weighted by molar-refractivity contribution is 7.47. The van der Waals surface area contributed by atoms with Gasteiger partial charge in [0.2, 0.25) is 5.91 Å². The minimum atomic E-state index is -4.35. The van der Waals surface area contributed by atoms with Crippen LogP contribution in [0.4, 0.5) is 0 Å². The van der Waals surface area contributed by atoms with Crippen molar-refractivity contribution in [2.24, 2.45) is 0 Å². The summed E-state index contributed by atoms with van der Waals surface area (Å²) in [4.78, 5) is 23.3. The highest BCUT2D eigenvalue weighted by Gasteiger charge is 2.27. The van der Waals surface area contributed by atoms with Crippen molar-refractivity contribution in [1.82, 2.24) is 5.32 Å². The lowest BCUT2D eigenvalue weighted by Crippen LogP contribution is -2.45. The molecule has 1 amide bonds. The number of nitrogens with zero attached hydrogens (tertiary/aromatic N) is 1. The van der Waals surface area contributed by atoms with Gasteiger partial charge in [-0.15, -0.1) is 0 Å². The second kappa shape index (κ2) is 51.6. The molecule has 0 heterocycles. The van der Waals surface area contributed by atoms with Crippen molar-refractivity contribution >= 4 is 13.7 Å². The highest BCUT2D eigenvalue weighted by atomic mass is 31.2. The molecule has 0 spiro atoms. The molecule has 0 aromatic heterocycles. The molecule has 3 N–H and O–H groups in total. The Labute approximate surface area is 429 Å². The molecule has 9 heteroatoms. The zero-order chi connectivity index (χ0) is 50.6. The Morgan fingerprint density at radius 2 is 0.797 bits per heavy atom. The number of phosphoric acid groups is 1. The molecule has 8 nitrogen and oxygen atoms in total. The fourth-order valence-electron chi connectivity index (χ4n) is 8.88. The van der Waals surface area contributed by atoms with Gasteiger partial charge in [-0.2, -0.15) is 0 Å². The van der Waals surface area contributed by atoms with Crippen LogP contribution in [-0.2, 0) is 18.4 Å². The predicted octanol–water partition coefficient (Wildman–Crippen LogP) is 18.2. The quantitative estimate of drug-likeness (QED) is 0.0243. The van der Waals surface area contributed by atoms with Gasteiger partial charge in [0.05, 0.1) is 39.9 Å². The summed E-state index contributed by atoms with van der Waals surface area (Å²) >= 11 is 0. The van der Waals surface area contributed by atoms with Gasteiger partial charge in [0.15, 0.2) is 0 Å². The van der Waals surface area contributed by atoms with E-state index in [0.29, 0.717) is 17.4 Å². The van der Waals surface area contributed by atoms with Crippen LogP contribution >= 0.6 is 7.82 Å². The number of carbonyl (C=O) groups is 1. The van der Waals surface area contributed by atoms with Crippen LogP contribution in [0.2, 0.25) is 0 Å². The van der Waals surface area contributed by atoms with Gasteiger partial charge in [0, 0.05) is 6.42 Å². The van der Waals surface area contributed by atoms with Crippen molar-refractivity contribution < 1.29 is 32.9 Å². The number of amides is 1. The maximum Gasteiger partial charge on any atom is 0.472 e. The lowest BCUT2D eigenvalue weighted by molar-refractivity contribution is -0.870. The number of rotatable bonds is 55. The average Bonchev–Trinajstić information content (AvgIpc) is 3.31. The highest BCUT2D eigenvalue weighted by Crippen LogP contribution is 2.43. The molecule has 0 aliphatic heterocycles. The summed E-state index contributed by atoms with van der Waals surface area (Å²) in [6.07, 6.45) is 66.9. The van der Waals surface area contributed by atoms with Gasteiger partial charge in [0.25, 0.3) is 0 Å². The van der Waals surface area contributed by atoms with Crippen LogP contribution in [0.15, 0.2) is 36.5 Å². The smallest absolute Gasteiger partial charge is 0.387 e. The number of likely N-dealkylation sites (N-methyl/N-ethyl adjacent to an activating group) is 1. The maximum absolute atomic E-state index is 13.0. The Bertz CT molecular complexity index is 1220. The van der Waals surface area contributed by atoms with E-state index >= 15 is 0 Å². The first-order valence-electron chi connectivity index (χ1n) is 29.9. The lowest BCUT2D eigenvalue weighted by atomic mass is 10.0. The van der Waals surface area contributed by atoms with Crippen molar-refractivity contribution in [3.8, 4) is 0 Å². The molecule has 0 saturated carbocycles. The summed E-state index contributed by atoms with van der Waals surface area (Å²) in [7, 11) is 1.56. The molecule has 0 aliphatic rings. The zero-order valence-corrected chi connectivity index (χ0v) is 47.5. The fourth-order valence-corrected chi connectivity index (χ4v) is 9.61. The van der Waals surface area contributed by atoms with Crippen molar-refractivity contribution in [2.45, 2.75) is 302 Å². The summed E-state index contributed by atoms with van der Waals surface area (Å²) in [6, 6.07) is -0.862. The van der Waals surface area contributed by atoms with E-state index in [0.717, 1.165) is 38.5 Å². The third-order valence-electron chi connectivity index (χ3n) is 13.6. The molecule has 0 fully saturated rings. The Morgan fingerprint density at radius 3 is 1.16 bits per heavy atom. The van der Waals surface area contributed by atoms with Gasteiger partial charge in [-0.1, -0.05) is 262 Å². The molecular formula is C60H118N2O6P+.